The minimum Gasteiger partial charge on any atom is -0.497 e. The summed E-state index contributed by atoms with van der Waals surface area (Å²) in [4.78, 5) is 27.8. The molecule has 2 aromatic rings. The Morgan fingerprint density at radius 1 is 1.19 bits per heavy atom. The number of rotatable bonds is 9. The molecule has 2 heterocycles. The lowest BCUT2D eigenvalue weighted by Gasteiger charge is -2.32. The van der Waals surface area contributed by atoms with Gasteiger partial charge in [0.05, 0.1) is 25.7 Å². The first-order valence-electron chi connectivity index (χ1n) is 11.0. The average Bonchev–Trinajstić information content (AvgIpc) is 3.45. The first-order chi connectivity index (χ1) is 15.6. The summed E-state index contributed by atoms with van der Waals surface area (Å²) >= 11 is 0. The topological polar surface area (TPSA) is 84.6 Å². The Kier molecular flexibility index (Phi) is 6.90. The molecule has 0 bridgehead atoms. The molecule has 8 heteroatoms. The number of methoxy groups -OCH3 is 2. The van der Waals surface area contributed by atoms with Crippen LogP contribution < -0.4 is 4.74 Å². The number of nitrogens with zero attached hydrogens (tertiary/aromatic N) is 3. The summed E-state index contributed by atoms with van der Waals surface area (Å²) in [5, 5.41) is 6.12. The van der Waals surface area contributed by atoms with Crippen molar-refractivity contribution in [2.45, 2.75) is 31.7 Å². The van der Waals surface area contributed by atoms with Gasteiger partial charge in [-0.1, -0.05) is 6.42 Å². The highest BCUT2D eigenvalue weighted by Crippen LogP contribution is 2.34. The molecule has 32 heavy (non-hydrogen) atoms. The summed E-state index contributed by atoms with van der Waals surface area (Å²) in [6.45, 7) is 0.731. The zero-order chi connectivity index (χ0) is 22.5. The quantitative estimate of drug-likeness (QED) is 0.599. The second-order valence-electron chi connectivity index (χ2n) is 8.13. The van der Waals surface area contributed by atoms with Crippen molar-refractivity contribution >= 4 is 17.5 Å². The molecule has 0 radical (unpaired) electrons. The van der Waals surface area contributed by atoms with Gasteiger partial charge in [-0.2, -0.15) is 5.10 Å². The number of furan rings is 1. The number of amides is 2. The lowest BCUT2D eigenvalue weighted by Crippen LogP contribution is -2.46. The van der Waals surface area contributed by atoms with Gasteiger partial charge in [-0.05, 0) is 54.8 Å². The normalized spacial score (nSPS) is 18.2. The van der Waals surface area contributed by atoms with E-state index in [1.54, 1.807) is 31.4 Å². The maximum atomic E-state index is 13.4. The molecule has 0 N–H and O–H groups in total. The van der Waals surface area contributed by atoms with Crippen LogP contribution >= 0.6 is 0 Å². The summed E-state index contributed by atoms with van der Waals surface area (Å²) in [7, 11) is 3.21. The van der Waals surface area contributed by atoms with Crippen LogP contribution in [-0.4, -0.2) is 61.4 Å². The van der Waals surface area contributed by atoms with E-state index in [-0.39, 0.29) is 30.3 Å². The van der Waals surface area contributed by atoms with Gasteiger partial charge in [-0.25, -0.2) is 5.01 Å². The van der Waals surface area contributed by atoms with Gasteiger partial charge in [0.2, 0.25) is 5.91 Å². The van der Waals surface area contributed by atoms with Gasteiger partial charge in [-0.15, -0.1) is 0 Å². The predicted molar refractivity (Wildman–Crippen MR) is 118 cm³/mol. The minimum absolute atomic E-state index is 0.0115. The standard InChI is InChI=1S/C24H29N3O5/c1-30-14-12-26(24(29)18-5-3-6-18)16-23(28)27-21(22-7-4-13-32-22)15-20(25-27)17-8-10-19(31-2)11-9-17/h4,7-11,13,18,21H,3,5-6,12,14-16H2,1-2H3. The van der Waals surface area contributed by atoms with Crippen molar-refractivity contribution in [2.75, 3.05) is 33.9 Å². The van der Waals surface area contributed by atoms with Gasteiger partial charge in [0.25, 0.3) is 5.91 Å². The van der Waals surface area contributed by atoms with Crippen LogP contribution in [0.4, 0.5) is 0 Å². The number of hydrogen-bond acceptors (Lipinski definition) is 6. The molecular weight excluding hydrogens is 410 g/mol. The average molecular weight is 440 g/mol. The second kappa shape index (κ2) is 9.99. The van der Waals surface area contributed by atoms with Crippen molar-refractivity contribution < 1.29 is 23.5 Å². The van der Waals surface area contributed by atoms with E-state index in [4.69, 9.17) is 13.9 Å². The molecule has 1 aromatic heterocycles. The molecule has 8 nitrogen and oxygen atoms in total. The van der Waals surface area contributed by atoms with Crippen LogP contribution in [0.2, 0.25) is 0 Å². The zero-order valence-corrected chi connectivity index (χ0v) is 18.5. The van der Waals surface area contributed by atoms with Crippen LogP contribution in [0.1, 0.15) is 43.0 Å². The number of carbonyl (C=O) groups excluding carboxylic acids is 2. The van der Waals surface area contributed by atoms with E-state index in [0.717, 1.165) is 36.3 Å². The van der Waals surface area contributed by atoms with Crippen molar-refractivity contribution in [1.29, 1.82) is 0 Å². The SMILES string of the molecule is COCCN(CC(=O)N1N=C(c2ccc(OC)cc2)CC1c1ccco1)C(=O)C1CCC1. The molecule has 2 amide bonds. The summed E-state index contributed by atoms with van der Waals surface area (Å²) < 4.78 is 16.0. The van der Waals surface area contributed by atoms with Gasteiger partial charge in [0.15, 0.2) is 0 Å². The van der Waals surface area contributed by atoms with Crippen LogP contribution in [0.15, 0.2) is 52.2 Å². The Balaban J connectivity index is 1.55. The number of carbonyl (C=O) groups is 2. The van der Waals surface area contributed by atoms with Crippen molar-refractivity contribution in [1.82, 2.24) is 9.91 Å². The molecule has 1 aromatic carbocycles. The number of benzene rings is 1. The van der Waals surface area contributed by atoms with Gasteiger partial charge in [0, 0.05) is 26.0 Å². The third kappa shape index (κ3) is 4.70. The van der Waals surface area contributed by atoms with E-state index >= 15 is 0 Å². The smallest absolute Gasteiger partial charge is 0.262 e. The van der Waals surface area contributed by atoms with E-state index in [1.807, 2.05) is 30.3 Å². The Bertz CT molecular complexity index is 951. The zero-order valence-electron chi connectivity index (χ0n) is 18.5. The molecule has 1 unspecified atom stereocenters. The third-order valence-corrected chi connectivity index (χ3v) is 6.12. The fraction of sp³-hybridized carbons (Fsp3) is 0.458. The number of hydrazone groups is 1. The highest BCUT2D eigenvalue weighted by atomic mass is 16.5. The lowest BCUT2D eigenvalue weighted by atomic mass is 9.84. The summed E-state index contributed by atoms with van der Waals surface area (Å²) in [5.74, 6) is 1.22. The third-order valence-electron chi connectivity index (χ3n) is 6.12. The van der Waals surface area contributed by atoms with Crippen molar-refractivity contribution in [3.05, 3.63) is 54.0 Å². The highest BCUT2D eigenvalue weighted by Gasteiger charge is 2.37. The molecule has 1 aliphatic carbocycles. The summed E-state index contributed by atoms with van der Waals surface area (Å²) in [6.07, 6.45) is 4.95. The van der Waals surface area contributed by atoms with E-state index in [2.05, 4.69) is 5.10 Å². The Hall–Kier alpha value is -3.13. The van der Waals surface area contributed by atoms with Crippen LogP contribution in [-0.2, 0) is 14.3 Å². The first kappa shape index (κ1) is 22.1. The summed E-state index contributed by atoms with van der Waals surface area (Å²) in [5.41, 5.74) is 1.70. The van der Waals surface area contributed by atoms with E-state index in [9.17, 15) is 9.59 Å². The molecule has 1 saturated carbocycles. The molecule has 170 valence electrons. The molecule has 4 rings (SSSR count). The lowest BCUT2D eigenvalue weighted by molar-refractivity contribution is -0.146. The van der Waals surface area contributed by atoms with Gasteiger partial charge in [0.1, 0.15) is 24.1 Å². The Morgan fingerprint density at radius 3 is 2.56 bits per heavy atom. The summed E-state index contributed by atoms with van der Waals surface area (Å²) in [6, 6.07) is 10.9. The molecular formula is C24H29N3O5. The predicted octanol–water partition coefficient (Wildman–Crippen LogP) is 3.24. The molecule has 0 spiro atoms. The molecule has 0 saturated heterocycles. The minimum atomic E-state index is -0.349. The van der Waals surface area contributed by atoms with E-state index < -0.39 is 0 Å². The van der Waals surface area contributed by atoms with E-state index in [0.29, 0.717) is 25.3 Å². The van der Waals surface area contributed by atoms with Crippen molar-refractivity contribution in [2.24, 2.45) is 11.0 Å². The first-order valence-corrected chi connectivity index (χ1v) is 11.0. The fourth-order valence-electron chi connectivity index (χ4n) is 4.02. The second-order valence-corrected chi connectivity index (χ2v) is 8.13. The number of hydrogen-bond donors (Lipinski definition) is 0. The molecule has 2 aliphatic rings. The Morgan fingerprint density at radius 2 is 1.97 bits per heavy atom. The fourth-order valence-corrected chi connectivity index (χ4v) is 4.02. The van der Waals surface area contributed by atoms with Crippen LogP contribution in [0.3, 0.4) is 0 Å². The van der Waals surface area contributed by atoms with Gasteiger partial charge in [-0.3, -0.25) is 9.59 Å². The maximum absolute atomic E-state index is 13.4. The van der Waals surface area contributed by atoms with Crippen LogP contribution in [0.25, 0.3) is 0 Å². The number of ether oxygens (including phenoxy) is 2. The van der Waals surface area contributed by atoms with Crippen molar-refractivity contribution in [3.63, 3.8) is 0 Å². The van der Waals surface area contributed by atoms with E-state index in [1.165, 1.54) is 5.01 Å². The van der Waals surface area contributed by atoms with Gasteiger partial charge >= 0.3 is 0 Å². The molecule has 1 fully saturated rings. The van der Waals surface area contributed by atoms with Crippen LogP contribution in [0, 0.1) is 5.92 Å². The molecule has 1 aliphatic heterocycles. The molecule has 1 atom stereocenters. The Labute approximate surface area is 187 Å². The monoisotopic (exact) mass is 439 g/mol. The van der Waals surface area contributed by atoms with Crippen molar-refractivity contribution in [3.8, 4) is 5.75 Å². The van der Waals surface area contributed by atoms with Gasteiger partial charge < -0.3 is 18.8 Å². The highest BCUT2D eigenvalue weighted by molar-refractivity contribution is 6.03. The largest absolute Gasteiger partial charge is 0.497 e. The van der Waals surface area contributed by atoms with Crippen LogP contribution in [0.5, 0.6) is 5.75 Å². The maximum Gasteiger partial charge on any atom is 0.262 e.